The van der Waals surface area contributed by atoms with Crippen LogP contribution in [0.1, 0.15) is 37.7 Å². The van der Waals surface area contributed by atoms with E-state index in [1.54, 1.807) is 18.2 Å². The number of phenols is 1. The lowest BCUT2D eigenvalue weighted by Gasteiger charge is -2.40. The summed E-state index contributed by atoms with van der Waals surface area (Å²) in [4.78, 5) is 18.7. The van der Waals surface area contributed by atoms with Crippen LogP contribution in [0.4, 0.5) is 14.6 Å². The zero-order valence-corrected chi connectivity index (χ0v) is 24.6. The molecule has 2 bridgehead atoms. The highest BCUT2D eigenvalue weighted by Crippen LogP contribution is 2.45. The maximum atomic E-state index is 17.0. The maximum Gasteiger partial charge on any atom is 0.319 e. The first-order valence-corrected chi connectivity index (χ1v) is 15.7. The Labute approximate surface area is 258 Å². The highest BCUT2D eigenvalue weighted by Gasteiger charge is 2.50. The Morgan fingerprint density at radius 3 is 2.98 bits per heavy atom. The van der Waals surface area contributed by atoms with Crippen LogP contribution in [0.5, 0.6) is 17.6 Å². The zero-order chi connectivity index (χ0) is 30.4. The van der Waals surface area contributed by atoms with E-state index in [9.17, 15) is 9.50 Å². The first-order chi connectivity index (χ1) is 21.9. The molecule has 11 heteroatoms. The molecule has 2 aromatic carbocycles. The molecule has 9 nitrogen and oxygen atoms in total. The summed E-state index contributed by atoms with van der Waals surface area (Å²) < 4.78 is 44.2. The predicted octanol–water partition coefficient (Wildman–Crippen LogP) is 4.33. The Kier molecular flexibility index (Phi) is 5.93. The van der Waals surface area contributed by atoms with Gasteiger partial charge >= 0.3 is 6.01 Å². The number of hydrogen-bond donors (Lipinski definition) is 2. The molecule has 0 spiro atoms. The molecular weight excluding hydrogens is 578 g/mol. The highest BCUT2D eigenvalue weighted by atomic mass is 19.1. The van der Waals surface area contributed by atoms with Gasteiger partial charge in [-0.15, -0.1) is 6.42 Å². The molecule has 7 heterocycles. The third kappa shape index (κ3) is 4.08. The summed E-state index contributed by atoms with van der Waals surface area (Å²) in [5.41, 5.74) is 0.457. The lowest BCUT2D eigenvalue weighted by atomic mass is 9.95. The van der Waals surface area contributed by atoms with Crippen LogP contribution < -0.4 is 19.7 Å². The van der Waals surface area contributed by atoms with E-state index >= 15 is 4.39 Å². The topological polar surface area (TPSA) is 95.9 Å². The monoisotopic (exact) mass is 610 g/mol. The second-order valence-electron chi connectivity index (χ2n) is 13.1. The molecule has 4 fully saturated rings. The van der Waals surface area contributed by atoms with Gasteiger partial charge in [-0.2, -0.15) is 9.97 Å². The van der Waals surface area contributed by atoms with E-state index in [0.717, 1.165) is 32.2 Å². The highest BCUT2D eigenvalue weighted by molar-refractivity contribution is 6.04. The van der Waals surface area contributed by atoms with Crippen LogP contribution in [0, 0.1) is 18.2 Å². The second-order valence-corrected chi connectivity index (χ2v) is 13.1. The molecule has 2 aromatic heterocycles. The van der Waals surface area contributed by atoms with E-state index in [0.29, 0.717) is 59.2 Å². The quantitative estimate of drug-likeness (QED) is 0.328. The molecule has 230 valence electrons. The number of ether oxygens (including phenoxy) is 2. The fourth-order valence-electron chi connectivity index (χ4n) is 8.53. The molecule has 9 rings (SSSR count). The fraction of sp³-hybridized carbons (Fsp3) is 0.441. The number of hydrogen-bond acceptors (Lipinski definition) is 9. The molecule has 5 aliphatic rings. The standard InChI is InChI=1S/C34H32F2N6O3/c1-2-18-5-3-6-19-11-22(43)12-23(26(18)19)29-28(36)30-27-31(42-15-21-7-8-24(37-21)25(42)16-44-32(27)38-29)40-33(39-30)45-17-34-9-4-10-41(34)14-20(35)13-34/h1,3,5-6,11-12,20-21,24-25,37,43H,4,7-10,13-17H2/t20-,21+,24-,25-,34+/m1/s1. The normalized spacial score (nSPS) is 28.5. The number of terminal acetylenes is 1. The van der Waals surface area contributed by atoms with Crippen LogP contribution in [-0.2, 0) is 0 Å². The molecule has 0 saturated carbocycles. The third-order valence-electron chi connectivity index (χ3n) is 10.5. The van der Waals surface area contributed by atoms with Crippen molar-refractivity contribution in [2.75, 3.05) is 37.7 Å². The van der Waals surface area contributed by atoms with Crippen molar-refractivity contribution in [3.05, 3.63) is 41.7 Å². The summed E-state index contributed by atoms with van der Waals surface area (Å²) in [6, 6.07) is 8.91. The SMILES string of the molecule is C#Cc1cccc2cc(O)cc(-c3nc4c5c(nc(OC[C@@]67CCCN6C[C@H](F)C7)nc5c3F)N3C[C@@H]5CC[C@@H](N5)[C@H]3CO4)c12. The van der Waals surface area contributed by atoms with Crippen LogP contribution in [0.3, 0.4) is 0 Å². The number of piperazine rings is 1. The van der Waals surface area contributed by atoms with Gasteiger partial charge in [0, 0.05) is 48.1 Å². The number of phenolic OH excluding ortho intramolecular Hbond substituents is 1. The van der Waals surface area contributed by atoms with E-state index < -0.39 is 17.5 Å². The third-order valence-corrected chi connectivity index (χ3v) is 10.5. The minimum Gasteiger partial charge on any atom is -0.508 e. The van der Waals surface area contributed by atoms with E-state index in [2.05, 4.69) is 26.0 Å². The summed E-state index contributed by atoms with van der Waals surface area (Å²) in [7, 11) is 0. The Morgan fingerprint density at radius 1 is 1.18 bits per heavy atom. The Morgan fingerprint density at radius 2 is 2.09 bits per heavy atom. The molecular formula is C34H32F2N6O3. The molecule has 4 aromatic rings. The molecule has 5 atom stereocenters. The number of nitrogens with one attached hydrogen (secondary N) is 1. The van der Waals surface area contributed by atoms with Gasteiger partial charge in [0.05, 0.1) is 11.6 Å². The van der Waals surface area contributed by atoms with Crippen molar-refractivity contribution in [2.24, 2.45) is 0 Å². The minimum atomic E-state index is -0.899. The molecule has 0 radical (unpaired) electrons. The van der Waals surface area contributed by atoms with Crippen molar-refractivity contribution in [2.45, 2.75) is 61.9 Å². The van der Waals surface area contributed by atoms with Crippen LogP contribution in [0.15, 0.2) is 30.3 Å². The number of rotatable bonds is 4. The summed E-state index contributed by atoms with van der Waals surface area (Å²) >= 11 is 0. The van der Waals surface area contributed by atoms with Crippen LogP contribution in [0.25, 0.3) is 32.9 Å². The lowest BCUT2D eigenvalue weighted by molar-refractivity contribution is 0.107. The van der Waals surface area contributed by atoms with Gasteiger partial charge in [-0.05, 0) is 55.8 Å². The summed E-state index contributed by atoms with van der Waals surface area (Å²) in [5.74, 6) is 2.70. The van der Waals surface area contributed by atoms with Crippen LogP contribution >= 0.6 is 0 Å². The van der Waals surface area contributed by atoms with Gasteiger partial charge in [0.25, 0.3) is 0 Å². The minimum absolute atomic E-state index is 0.0202. The molecule has 2 N–H and O–H groups in total. The van der Waals surface area contributed by atoms with Crippen molar-refractivity contribution in [3.8, 4) is 41.2 Å². The zero-order valence-electron chi connectivity index (χ0n) is 24.6. The number of anilines is 1. The summed E-state index contributed by atoms with van der Waals surface area (Å²) in [6.07, 6.45) is 9.21. The number of nitrogens with zero attached hydrogens (tertiary/aromatic N) is 5. The van der Waals surface area contributed by atoms with E-state index in [-0.39, 0.29) is 53.6 Å². The van der Waals surface area contributed by atoms with Crippen molar-refractivity contribution in [1.82, 2.24) is 25.2 Å². The predicted molar refractivity (Wildman–Crippen MR) is 165 cm³/mol. The number of aromatic hydroxyl groups is 1. The number of pyridine rings is 1. The first-order valence-electron chi connectivity index (χ1n) is 15.7. The number of alkyl halides is 1. The summed E-state index contributed by atoms with van der Waals surface area (Å²) in [6.45, 7) is 2.47. The molecule has 4 saturated heterocycles. The molecule has 5 aliphatic heterocycles. The average Bonchev–Trinajstić information content (AvgIpc) is 3.67. The van der Waals surface area contributed by atoms with E-state index in [4.69, 9.17) is 25.9 Å². The lowest BCUT2D eigenvalue weighted by Crippen LogP contribution is -2.60. The van der Waals surface area contributed by atoms with Gasteiger partial charge in [-0.3, -0.25) is 4.90 Å². The number of aromatic nitrogens is 3. The van der Waals surface area contributed by atoms with Gasteiger partial charge in [0.2, 0.25) is 5.88 Å². The summed E-state index contributed by atoms with van der Waals surface area (Å²) in [5, 5.41) is 16.0. The Balaban J connectivity index is 1.24. The first kappa shape index (κ1) is 27.1. The fourth-order valence-corrected chi connectivity index (χ4v) is 8.53. The van der Waals surface area contributed by atoms with Gasteiger partial charge in [-0.25, -0.2) is 13.8 Å². The smallest absolute Gasteiger partial charge is 0.319 e. The molecule has 45 heavy (non-hydrogen) atoms. The van der Waals surface area contributed by atoms with Gasteiger partial charge < -0.3 is 24.8 Å². The van der Waals surface area contributed by atoms with Crippen molar-refractivity contribution in [3.63, 3.8) is 0 Å². The van der Waals surface area contributed by atoms with Gasteiger partial charge in [0.15, 0.2) is 5.82 Å². The largest absolute Gasteiger partial charge is 0.508 e. The average molecular weight is 611 g/mol. The van der Waals surface area contributed by atoms with Crippen molar-refractivity contribution < 1.29 is 23.4 Å². The van der Waals surface area contributed by atoms with Crippen molar-refractivity contribution in [1.29, 1.82) is 0 Å². The van der Waals surface area contributed by atoms with Gasteiger partial charge in [-0.1, -0.05) is 18.1 Å². The molecule has 0 aliphatic carbocycles. The van der Waals surface area contributed by atoms with Crippen LogP contribution in [0.2, 0.25) is 0 Å². The Hall–Kier alpha value is -4.27. The number of fused-ring (bicyclic) bond motifs is 7. The maximum absolute atomic E-state index is 17.0. The second kappa shape index (κ2) is 9.86. The van der Waals surface area contributed by atoms with E-state index in [1.807, 2.05) is 6.07 Å². The Bertz CT molecular complexity index is 1930. The number of halogens is 2. The van der Waals surface area contributed by atoms with Gasteiger partial charge in [0.1, 0.15) is 47.5 Å². The molecule has 0 amide bonds. The van der Waals surface area contributed by atoms with Crippen molar-refractivity contribution >= 4 is 27.5 Å². The number of benzene rings is 2. The van der Waals surface area contributed by atoms with Crippen LogP contribution in [-0.4, -0.2) is 87.6 Å². The molecule has 0 unspecified atom stereocenters. The van der Waals surface area contributed by atoms with E-state index in [1.165, 1.54) is 6.07 Å².